The van der Waals surface area contributed by atoms with Crippen LogP contribution in [0.5, 0.6) is 0 Å². The number of hydrogen-bond donors (Lipinski definition) is 0. The summed E-state index contributed by atoms with van der Waals surface area (Å²) in [5, 5.41) is 3.81. The quantitative estimate of drug-likeness (QED) is 0.510. The van der Waals surface area contributed by atoms with Crippen LogP contribution < -0.4 is 0 Å². The fourth-order valence-corrected chi connectivity index (χ4v) is 5.07. The van der Waals surface area contributed by atoms with Crippen molar-refractivity contribution in [2.45, 2.75) is 24.0 Å². The molecule has 4 rings (SSSR count). The summed E-state index contributed by atoms with van der Waals surface area (Å²) >= 11 is 0. The Balaban J connectivity index is 1.44. The molecular weight excluding hydrogens is 464 g/mol. The van der Waals surface area contributed by atoms with E-state index in [1.807, 2.05) is 4.90 Å². The maximum atomic E-state index is 13.5. The molecule has 7 nitrogen and oxygen atoms in total. The molecule has 0 spiro atoms. The van der Waals surface area contributed by atoms with Gasteiger partial charge in [0.2, 0.25) is 21.7 Å². The summed E-state index contributed by atoms with van der Waals surface area (Å²) < 4.78 is 84.4. The maximum Gasteiger partial charge on any atom is 0.416 e. The number of hydrogen-bond acceptors (Lipinski definition) is 6. The van der Waals surface area contributed by atoms with Gasteiger partial charge in [-0.05, 0) is 37.3 Å². The zero-order valence-electron chi connectivity index (χ0n) is 17.5. The third kappa shape index (κ3) is 4.92. The van der Waals surface area contributed by atoms with E-state index >= 15 is 0 Å². The van der Waals surface area contributed by atoms with E-state index in [1.54, 1.807) is 6.92 Å². The monoisotopic (exact) mass is 484 g/mol. The van der Waals surface area contributed by atoms with E-state index in [0.717, 1.165) is 18.2 Å². The van der Waals surface area contributed by atoms with Crippen molar-refractivity contribution in [3.63, 3.8) is 0 Å². The number of piperazine rings is 1. The predicted octanol–water partition coefficient (Wildman–Crippen LogP) is 3.96. The van der Waals surface area contributed by atoms with Crippen LogP contribution >= 0.6 is 0 Å². The highest BCUT2D eigenvalue weighted by atomic mass is 32.2. The van der Waals surface area contributed by atoms with E-state index in [0.29, 0.717) is 13.1 Å². The van der Waals surface area contributed by atoms with Crippen molar-refractivity contribution in [1.29, 1.82) is 0 Å². The summed E-state index contributed by atoms with van der Waals surface area (Å²) in [6, 6.07) is 9.13. The molecule has 0 N–H and O–H groups in total. The largest absolute Gasteiger partial charge is 0.416 e. The molecule has 0 radical (unpaired) electrons. The fourth-order valence-electron chi connectivity index (χ4n) is 3.62. The minimum Gasteiger partial charge on any atom is -0.337 e. The molecule has 1 unspecified atom stereocenters. The number of sulfonamides is 1. The Morgan fingerprint density at radius 2 is 1.73 bits per heavy atom. The molecular formula is C21H20F4N4O3S. The highest BCUT2D eigenvalue weighted by molar-refractivity contribution is 7.89. The Bertz CT molecular complexity index is 1240. The number of aromatic nitrogens is 2. The Labute approximate surface area is 187 Å². The maximum absolute atomic E-state index is 13.5. The van der Waals surface area contributed by atoms with Crippen molar-refractivity contribution in [1.82, 2.24) is 19.3 Å². The van der Waals surface area contributed by atoms with Gasteiger partial charge in [0.05, 0.1) is 16.5 Å². The van der Waals surface area contributed by atoms with Crippen LogP contribution in [-0.4, -0.2) is 53.9 Å². The average molecular weight is 484 g/mol. The molecule has 2 aromatic carbocycles. The molecule has 0 bridgehead atoms. The second-order valence-electron chi connectivity index (χ2n) is 7.61. The lowest BCUT2D eigenvalue weighted by Crippen LogP contribution is -2.49. The summed E-state index contributed by atoms with van der Waals surface area (Å²) in [6.07, 6.45) is -4.48. The van der Waals surface area contributed by atoms with Gasteiger partial charge in [-0.2, -0.15) is 22.5 Å². The molecule has 0 amide bonds. The van der Waals surface area contributed by atoms with E-state index in [9.17, 15) is 26.0 Å². The average Bonchev–Trinajstić information content (AvgIpc) is 3.28. The van der Waals surface area contributed by atoms with Crippen LogP contribution in [0.4, 0.5) is 17.6 Å². The van der Waals surface area contributed by atoms with Gasteiger partial charge in [0.15, 0.2) is 0 Å². The molecule has 1 aromatic heterocycles. The first kappa shape index (κ1) is 23.3. The van der Waals surface area contributed by atoms with Gasteiger partial charge >= 0.3 is 6.18 Å². The molecule has 1 atom stereocenters. The number of halogens is 4. The molecule has 1 fully saturated rings. The van der Waals surface area contributed by atoms with E-state index in [-0.39, 0.29) is 41.3 Å². The van der Waals surface area contributed by atoms with Gasteiger partial charge < -0.3 is 4.52 Å². The first-order chi connectivity index (χ1) is 15.6. The van der Waals surface area contributed by atoms with E-state index in [4.69, 9.17) is 4.52 Å². The number of alkyl halides is 3. The molecule has 0 aliphatic carbocycles. The summed E-state index contributed by atoms with van der Waals surface area (Å²) in [6.45, 7) is 2.86. The normalized spacial score (nSPS) is 17.2. The first-order valence-corrected chi connectivity index (χ1v) is 11.5. The van der Waals surface area contributed by atoms with Crippen LogP contribution in [0.3, 0.4) is 0 Å². The van der Waals surface area contributed by atoms with Crippen LogP contribution in [0.25, 0.3) is 11.4 Å². The summed E-state index contributed by atoms with van der Waals surface area (Å²) in [5.41, 5.74) is -0.631. The molecule has 33 heavy (non-hydrogen) atoms. The highest BCUT2D eigenvalue weighted by Gasteiger charge is 2.33. The molecule has 176 valence electrons. The predicted molar refractivity (Wildman–Crippen MR) is 110 cm³/mol. The Morgan fingerprint density at radius 1 is 1.03 bits per heavy atom. The Kier molecular flexibility index (Phi) is 6.25. The third-order valence-corrected chi connectivity index (χ3v) is 7.40. The van der Waals surface area contributed by atoms with Gasteiger partial charge in [-0.15, -0.1) is 0 Å². The first-order valence-electron chi connectivity index (χ1n) is 10.1. The van der Waals surface area contributed by atoms with Crippen molar-refractivity contribution in [3.05, 3.63) is 65.8 Å². The topological polar surface area (TPSA) is 79.5 Å². The van der Waals surface area contributed by atoms with Crippen molar-refractivity contribution in [3.8, 4) is 11.4 Å². The van der Waals surface area contributed by atoms with Crippen LogP contribution in [0.2, 0.25) is 0 Å². The van der Waals surface area contributed by atoms with Crippen LogP contribution in [0, 0.1) is 5.82 Å². The second kappa shape index (κ2) is 8.84. The van der Waals surface area contributed by atoms with Gasteiger partial charge in [0, 0.05) is 31.7 Å². The van der Waals surface area contributed by atoms with Crippen molar-refractivity contribution in [2.24, 2.45) is 0 Å². The third-order valence-electron chi connectivity index (χ3n) is 5.50. The molecule has 3 aromatic rings. The van der Waals surface area contributed by atoms with Crippen molar-refractivity contribution >= 4 is 10.0 Å². The van der Waals surface area contributed by atoms with Gasteiger partial charge in [0.1, 0.15) is 5.82 Å². The molecule has 1 saturated heterocycles. The van der Waals surface area contributed by atoms with Gasteiger partial charge in [-0.25, -0.2) is 12.8 Å². The second-order valence-corrected chi connectivity index (χ2v) is 9.55. The lowest BCUT2D eigenvalue weighted by Gasteiger charge is -2.36. The van der Waals surface area contributed by atoms with Gasteiger partial charge in [-0.1, -0.05) is 23.4 Å². The number of nitrogens with zero attached hydrogens (tertiary/aromatic N) is 4. The van der Waals surface area contributed by atoms with Gasteiger partial charge in [0.25, 0.3) is 0 Å². The lowest BCUT2D eigenvalue weighted by molar-refractivity contribution is -0.137. The summed E-state index contributed by atoms with van der Waals surface area (Å²) in [4.78, 5) is 6.07. The van der Waals surface area contributed by atoms with Crippen LogP contribution in [0.1, 0.15) is 24.4 Å². The van der Waals surface area contributed by atoms with E-state index in [2.05, 4.69) is 10.1 Å². The lowest BCUT2D eigenvalue weighted by atomic mass is 10.1. The van der Waals surface area contributed by atoms with Crippen LogP contribution in [0.15, 0.2) is 57.9 Å². The minimum atomic E-state index is -4.48. The van der Waals surface area contributed by atoms with E-state index in [1.165, 1.54) is 34.6 Å². The Hall–Kier alpha value is -2.83. The summed E-state index contributed by atoms with van der Waals surface area (Å²) in [5.74, 6) is -0.379. The van der Waals surface area contributed by atoms with Crippen LogP contribution in [-0.2, 0) is 16.2 Å². The molecule has 0 saturated carbocycles. The number of benzene rings is 2. The van der Waals surface area contributed by atoms with E-state index < -0.39 is 27.6 Å². The minimum absolute atomic E-state index is 0.0373. The zero-order chi connectivity index (χ0) is 23.8. The smallest absolute Gasteiger partial charge is 0.337 e. The highest BCUT2D eigenvalue weighted by Crippen LogP contribution is 2.32. The zero-order valence-corrected chi connectivity index (χ0v) is 18.3. The fraction of sp³-hybridized carbons (Fsp3) is 0.333. The van der Waals surface area contributed by atoms with Crippen molar-refractivity contribution in [2.75, 3.05) is 26.2 Å². The molecule has 1 aliphatic rings. The van der Waals surface area contributed by atoms with Gasteiger partial charge in [-0.3, -0.25) is 4.90 Å². The summed E-state index contributed by atoms with van der Waals surface area (Å²) in [7, 11) is -3.82. The number of rotatable bonds is 5. The molecule has 2 heterocycles. The SMILES string of the molecule is CC(c1nc(-c2cccc(C(F)(F)F)c2)no1)N1CCN(S(=O)(=O)c2cccc(F)c2)CC1. The standard InChI is InChI=1S/C21H20F4N4O3S/c1-14(20-26-19(27-32-20)15-4-2-5-16(12-15)21(23,24)25)28-8-10-29(11-9-28)33(30,31)18-7-3-6-17(22)13-18/h2-7,12-14H,8-11H2,1H3. The van der Waals surface area contributed by atoms with Crippen molar-refractivity contribution < 1.29 is 30.5 Å². The molecule has 1 aliphatic heterocycles. The molecule has 12 heteroatoms. The Morgan fingerprint density at radius 3 is 2.39 bits per heavy atom.